The van der Waals surface area contributed by atoms with E-state index in [1.165, 1.54) is 40.2 Å². The predicted octanol–water partition coefficient (Wildman–Crippen LogP) is 3.74. The maximum Gasteiger partial charge on any atom is 0.0484 e. The van der Waals surface area contributed by atoms with Crippen LogP contribution >= 0.6 is 0 Å². The van der Waals surface area contributed by atoms with E-state index >= 15 is 0 Å². The summed E-state index contributed by atoms with van der Waals surface area (Å²) in [5, 5.41) is 0. The molecular formula is C17H22N2. The quantitative estimate of drug-likeness (QED) is 0.825. The summed E-state index contributed by atoms with van der Waals surface area (Å²) in [6, 6.07) is 9.17. The zero-order valence-corrected chi connectivity index (χ0v) is 12.0. The van der Waals surface area contributed by atoms with Gasteiger partial charge in [-0.1, -0.05) is 17.7 Å². The highest BCUT2D eigenvalue weighted by Crippen LogP contribution is 2.33. The molecule has 0 saturated carbocycles. The van der Waals surface area contributed by atoms with Crippen LogP contribution in [0.5, 0.6) is 0 Å². The van der Waals surface area contributed by atoms with E-state index in [9.17, 15) is 0 Å². The Morgan fingerprint density at radius 2 is 1.95 bits per heavy atom. The smallest absolute Gasteiger partial charge is 0.0484 e. The van der Waals surface area contributed by atoms with Crippen LogP contribution in [0, 0.1) is 20.8 Å². The molecule has 1 aromatic heterocycles. The second-order valence-corrected chi connectivity index (χ2v) is 5.81. The lowest BCUT2D eigenvalue weighted by molar-refractivity contribution is 0.559. The van der Waals surface area contributed by atoms with E-state index < -0.39 is 0 Å². The fourth-order valence-corrected chi connectivity index (χ4v) is 3.33. The summed E-state index contributed by atoms with van der Waals surface area (Å²) in [6.45, 7) is 6.52. The molecule has 2 heteroatoms. The molecule has 0 spiro atoms. The molecule has 1 aliphatic carbocycles. The molecule has 19 heavy (non-hydrogen) atoms. The van der Waals surface area contributed by atoms with Crippen LogP contribution in [-0.2, 0) is 6.42 Å². The van der Waals surface area contributed by atoms with E-state index in [1.807, 2.05) is 0 Å². The molecule has 0 fully saturated rings. The third-order valence-electron chi connectivity index (χ3n) is 4.24. The zero-order valence-electron chi connectivity index (χ0n) is 12.0. The first kappa shape index (κ1) is 12.5. The van der Waals surface area contributed by atoms with E-state index in [4.69, 9.17) is 5.73 Å². The zero-order chi connectivity index (χ0) is 13.6. The Morgan fingerprint density at radius 1 is 1.16 bits per heavy atom. The lowest BCUT2D eigenvalue weighted by Gasteiger charge is -2.22. The van der Waals surface area contributed by atoms with Gasteiger partial charge in [-0.25, -0.2) is 0 Å². The Hall–Kier alpha value is -1.54. The van der Waals surface area contributed by atoms with Gasteiger partial charge in [0, 0.05) is 23.1 Å². The molecule has 2 nitrogen and oxygen atoms in total. The fourth-order valence-electron chi connectivity index (χ4n) is 3.33. The van der Waals surface area contributed by atoms with Crippen molar-refractivity contribution in [2.24, 2.45) is 5.73 Å². The van der Waals surface area contributed by atoms with Crippen molar-refractivity contribution in [2.75, 3.05) is 0 Å². The van der Waals surface area contributed by atoms with Crippen LogP contribution < -0.4 is 5.73 Å². The first-order valence-electron chi connectivity index (χ1n) is 7.12. The maximum atomic E-state index is 6.26. The van der Waals surface area contributed by atoms with Gasteiger partial charge in [-0.05, 0) is 63.3 Å². The van der Waals surface area contributed by atoms with Gasteiger partial charge in [0.25, 0.3) is 0 Å². The Balaban J connectivity index is 2.20. The SMILES string of the molecule is Cc1ccc(-n2c(C)cc3c2CCCC3N)c(C)c1. The van der Waals surface area contributed by atoms with Gasteiger partial charge >= 0.3 is 0 Å². The monoisotopic (exact) mass is 254 g/mol. The first-order chi connectivity index (χ1) is 9.08. The summed E-state index contributed by atoms with van der Waals surface area (Å²) in [7, 11) is 0. The summed E-state index contributed by atoms with van der Waals surface area (Å²) < 4.78 is 2.41. The molecule has 100 valence electrons. The van der Waals surface area contributed by atoms with Crippen molar-refractivity contribution in [1.29, 1.82) is 0 Å². The molecule has 2 aromatic rings. The van der Waals surface area contributed by atoms with Crippen LogP contribution in [-0.4, -0.2) is 4.57 Å². The number of hydrogen-bond acceptors (Lipinski definition) is 1. The Morgan fingerprint density at radius 3 is 2.68 bits per heavy atom. The fraction of sp³-hybridized carbons (Fsp3) is 0.412. The number of nitrogens with zero attached hydrogens (tertiary/aromatic N) is 1. The van der Waals surface area contributed by atoms with Crippen LogP contribution in [0.4, 0.5) is 0 Å². The van der Waals surface area contributed by atoms with Gasteiger partial charge in [0.1, 0.15) is 0 Å². The minimum atomic E-state index is 0.217. The number of fused-ring (bicyclic) bond motifs is 1. The number of hydrogen-bond donors (Lipinski definition) is 1. The number of nitrogens with two attached hydrogens (primary N) is 1. The topological polar surface area (TPSA) is 30.9 Å². The molecule has 1 heterocycles. The summed E-state index contributed by atoms with van der Waals surface area (Å²) in [5.74, 6) is 0. The van der Waals surface area contributed by atoms with E-state index in [0.29, 0.717) is 0 Å². The molecule has 0 saturated heterocycles. The maximum absolute atomic E-state index is 6.26. The molecular weight excluding hydrogens is 232 g/mol. The highest BCUT2D eigenvalue weighted by atomic mass is 15.0. The standard InChI is InChI=1S/C17H22N2/c1-11-7-8-16(12(2)9-11)19-13(3)10-14-15(18)5-4-6-17(14)19/h7-10,15H,4-6,18H2,1-3H3. The molecule has 0 bridgehead atoms. The third-order valence-corrected chi connectivity index (χ3v) is 4.24. The lowest BCUT2D eigenvalue weighted by Crippen LogP contribution is -2.18. The van der Waals surface area contributed by atoms with Gasteiger partial charge in [-0.2, -0.15) is 0 Å². The van der Waals surface area contributed by atoms with Gasteiger partial charge in [-0.15, -0.1) is 0 Å². The minimum absolute atomic E-state index is 0.217. The van der Waals surface area contributed by atoms with Gasteiger partial charge < -0.3 is 10.3 Å². The normalized spacial score (nSPS) is 18.4. The van der Waals surface area contributed by atoms with Crippen LogP contribution in [0.25, 0.3) is 5.69 Å². The van der Waals surface area contributed by atoms with Crippen LogP contribution in [0.3, 0.4) is 0 Å². The highest BCUT2D eigenvalue weighted by molar-refractivity contribution is 5.48. The molecule has 1 unspecified atom stereocenters. The van der Waals surface area contributed by atoms with Crippen LogP contribution in [0.1, 0.15) is 47.0 Å². The van der Waals surface area contributed by atoms with Crippen molar-refractivity contribution in [2.45, 2.75) is 46.1 Å². The molecule has 3 rings (SSSR count). The summed E-state index contributed by atoms with van der Waals surface area (Å²) in [6.07, 6.45) is 3.45. The third kappa shape index (κ3) is 2.00. The molecule has 1 aromatic carbocycles. The average Bonchev–Trinajstić information content (AvgIpc) is 2.68. The van der Waals surface area contributed by atoms with Crippen molar-refractivity contribution < 1.29 is 0 Å². The molecule has 0 aliphatic heterocycles. The second kappa shape index (κ2) is 4.53. The number of aryl methyl sites for hydroxylation is 3. The number of aromatic nitrogens is 1. The molecule has 0 amide bonds. The molecule has 2 N–H and O–H groups in total. The van der Waals surface area contributed by atoms with Crippen LogP contribution in [0.2, 0.25) is 0 Å². The molecule has 1 aliphatic rings. The Bertz CT molecular complexity index is 622. The summed E-state index contributed by atoms with van der Waals surface area (Å²) in [4.78, 5) is 0. The average molecular weight is 254 g/mol. The van der Waals surface area contributed by atoms with Crippen molar-refractivity contribution in [3.8, 4) is 5.69 Å². The number of benzene rings is 1. The molecule has 0 radical (unpaired) electrons. The van der Waals surface area contributed by atoms with Gasteiger partial charge in [-0.3, -0.25) is 0 Å². The Kier molecular flexibility index (Phi) is 2.98. The molecule has 1 atom stereocenters. The van der Waals surface area contributed by atoms with Crippen molar-refractivity contribution in [3.63, 3.8) is 0 Å². The second-order valence-electron chi connectivity index (χ2n) is 5.81. The van der Waals surface area contributed by atoms with Gasteiger partial charge in [0.2, 0.25) is 0 Å². The predicted molar refractivity (Wildman–Crippen MR) is 79.8 cm³/mol. The number of rotatable bonds is 1. The summed E-state index contributed by atoms with van der Waals surface area (Å²) in [5.41, 5.74) is 14.3. The summed E-state index contributed by atoms with van der Waals surface area (Å²) >= 11 is 0. The first-order valence-corrected chi connectivity index (χ1v) is 7.12. The van der Waals surface area contributed by atoms with E-state index in [2.05, 4.69) is 49.6 Å². The van der Waals surface area contributed by atoms with Crippen molar-refractivity contribution >= 4 is 0 Å². The van der Waals surface area contributed by atoms with E-state index in [0.717, 1.165) is 12.8 Å². The van der Waals surface area contributed by atoms with Crippen molar-refractivity contribution in [1.82, 2.24) is 4.57 Å². The van der Waals surface area contributed by atoms with Crippen LogP contribution in [0.15, 0.2) is 24.3 Å². The lowest BCUT2D eigenvalue weighted by atomic mass is 9.93. The van der Waals surface area contributed by atoms with Crippen molar-refractivity contribution in [3.05, 3.63) is 52.3 Å². The van der Waals surface area contributed by atoms with Gasteiger partial charge in [0.15, 0.2) is 0 Å². The van der Waals surface area contributed by atoms with E-state index in [-0.39, 0.29) is 6.04 Å². The minimum Gasteiger partial charge on any atom is -0.324 e. The van der Waals surface area contributed by atoms with E-state index in [1.54, 1.807) is 0 Å². The largest absolute Gasteiger partial charge is 0.324 e. The Labute approximate surface area is 115 Å². The highest BCUT2D eigenvalue weighted by Gasteiger charge is 2.23. The van der Waals surface area contributed by atoms with Gasteiger partial charge in [0.05, 0.1) is 0 Å².